The zero-order chi connectivity index (χ0) is 19.7. The van der Waals surface area contributed by atoms with E-state index in [0.717, 1.165) is 17.0 Å². The molecule has 0 bridgehead atoms. The van der Waals surface area contributed by atoms with E-state index < -0.39 is 11.8 Å². The molecule has 0 aliphatic carbocycles. The fourth-order valence-corrected chi connectivity index (χ4v) is 2.87. The number of rotatable bonds is 3. The van der Waals surface area contributed by atoms with Crippen LogP contribution in [0.15, 0.2) is 48.7 Å². The molecule has 0 saturated heterocycles. The monoisotopic (exact) mass is 375 g/mol. The number of fused-ring (bicyclic) bond motifs is 1. The summed E-state index contributed by atoms with van der Waals surface area (Å²) < 4.78 is 1.57. The molecule has 0 spiro atoms. The maximum atomic E-state index is 12.5. The van der Waals surface area contributed by atoms with Crippen LogP contribution in [0.3, 0.4) is 0 Å². The Labute approximate surface area is 159 Å². The van der Waals surface area contributed by atoms with Crippen LogP contribution < -0.4 is 10.9 Å². The molecular formula is C19H17N7O2. The maximum Gasteiger partial charge on any atom is 0.287 e. The second-order valence-electron chi connectivity index (χ2n) is 6.27. The lowest BCUT2D eigenvalue weighted by Gasteiger charge is -2.05. The average molecular weight is 375 g/mol. The number of aromatic nitrogens is 5. The van der Waals surface area contributed by atoms with E-state index in [4.69, 9.17) is 0 Å². The number of nitrogens with one attached hydrogen (secondary N) is 3. The molecule has 0 radical (unpaired) electrons. The summed E-state index contributed by atoms with van der Waals surface area (Å²) in [6, 6.07) is 12.9. The Kier molecular flexibility index (Phi) is 4.32. The molecule has 3 aromatic heterocycles. The van der Waals surface area contributed by atoms with Crippen molar-refractivity contribution in [3.8, 4) is 11.3 Å². The molecule has 9 heteroatoms. The number of hydrogen-bond donors (Lipinski definition) is 3. The minimum Gasteiger partial charge on any atom is -0.272 e. The summed E-state index contributed by atoms with van der Waals surface area (Å²) in [5, 5.41) is 11.0. The Morgan fingerprint density at radius 3 is 2.57 bits per heavy atom. The van der Waals surface area contributed by atoms with E-state index in [9.17, 15) is 9.59 Å². The number of hydrogen-bond acceptors (Lipinski definition) is 5. The van der Waals surface area contributed by atoms with Gasteiger partial charge in [-0.3, -0.25) is 25.5 Å². The van der Waals surface area contributed by atoms with Gasteiger partial charge in [0.25, 0.3) is 11.8 Å². The molecule has 3 heterocycles. The number of H-pyrrole nitrogens is 1. The first-order chi connectivity index (χ1) is 13.5. The first-order valence-electron chi connectivity index (χ1n) is 8.56. The molecule has 0 aliphatic heterocycles. The van der Waals surface area contributed by atoms with E-state index in [2.05, 4.69) is 31.1 Å². The van der Waals surface area contributed by atoms with Crippen LogP contribution in [0.2, 0.25) is 0 Å². The summed E-state index contributed by atoms with van der Waals surface area (Å²) in [6.07, 6.45) is 1.42. The molecule has 2 amide bonds. The summed E-state index contributed by atoms with van der Waals surface area (Å²) in [5.41, 5.74) is 8.82. The minimum atomic E-state index is -0.514. The fraction of sp³-hybridized carbons (Fsp3) is 0.105. The van der Waals surface area contributed by atoms with Crippen LogP contribution in [0, 0.1) is 13.8 Å². The lowest BCUT2D eigenvalue weighted by atomic mass is 10.1. The molecule has 9 nitrogen and oxygen atoms in total. The molecule has 28 heavy (non-hydrogen) atoms. The largest absolute Gasteiger partial charge is 0.287 e. The van der Waals surface area contributed by atoms with Crippen molar-refractivity contribution in [1.82, 2.24) is 35.6 Å². The lowest BCUT2D eigenvalue weighted by molar-refractivity contribution is 0.0844. The number of carbonyl (C=O) groups excluding carboxylic acids is 2. The van der Waals surface area contributed by atoms with Crippen LogP contribution in [0.1, 0.15) is 32.2 Å². The van der Waals surface area contributed by atoms with E-state index in [0.29, 0.717) is 11.3 Å². The SMILES string of the molecule is Cc1cc(C)n2ncc(C(=O)NNC(=O)c3cc(-c4ccccc4)n[nH]3)c2n1. The quantitative estimate of drug-likeness (QED) is 0.472. The Hall–Kier alpha value is -4.01. The van der Waals surface area contributed by atoms with Gasteiger partial charge >= 0.3 is 0 Å². The van der Waals surface area contributed by atoms with Gasteiger partial charge in [-0.1, -0.05) is 30.3 Å². The number of aromatic amines is 1. The van der Waals surface area contributed by atoms with E-state index in [1.54, 1.807) is 10.6 Å². The van der Waals surface area contributed by atoms with E-state index >= 15 is 0 Å². The van der Waals surface area contributed by atoms with Crippen LogP contribution in [-0.4, -0.2) is 36.6 Å². The third-order valence-electron chi connectivity index (χ3n) is 4.20. The molecule has 140 valence electrons. The van der Waals surface area contributed by atoms with Crippen molar-refractivity contribution in [3.05, 3.63) is 71.3 Å². The summed E-state index contributed by atoms with van der Waals surface area (Å²) in [7, 11) is 0. The Morgan fingerprint density at radius 2 is 1.79 bits per heavy atom. The highest BCUT2D eigenvalue weighted by atomic mass is 16.2. The molecule has 4 aromatic rings. The van der Waals surface area contributed by atoms with E-state index in [1.807, 2.05) is 50.2 Å². The van der Waals surface area contributed by atoms with Gasteiger partial charge in [0.2, 0.25) is 0 Å². The fourth-order valence-electron chi connectivity index (χ4n) is 2.87. The highest BCUT2D eigenvalue weighted by Gasteiger charge is 2.17. The number of benzene rings is 1. The number of nitrogens with zero attached hydrogens (tertiary/aromatic N) is 4. The van der Waals surface area contributed by atoms with Gasteiger partial charge in [0.1, 0.15) is 11.3 Å². The highest BCUT2D eigenvalue weighted by Crippen LogP contribution is 2.16. The number of carbonyl (C=O) groups is 2. The third kappa shape index (κ3) is 3.20. The lowest BCUT2D eigenvalue weighted by Crippen LogP contribution is -2.41. The third-order valence-corrected chi connectivity index (χ3v) is 4.20. The van der Waals surface area contributed by atoms with Gasteiger partial charge in [0.05, 0.1) is 11.9 Å². The molecule has 3 N–H and O–H groups in total. The predicted octanol–water partition coefficient (Wildman–Crippen LogP) is 1.81. The molecule has 0 atom stereocenters. The molecule has 0 fully saturated rings. The number of aryl methyl sites for hydroxylation is 2. The summed E-state index contributed by atoms with van der Waals surface area (Å²) >= 11 is 0. The van der Waals surface area contributed by atoms with E-state index in [-0.39, 0.29) is 11.3 Å². The molecule has 1 aromatic carbocycles. The standard InChI is InChI=1S/C19H17N7O2/c1-11-8-12(2)26-17(21-11)14(10-20-26)18(27)24-25-19(28)16-9-15(22-23-16)13-6-4-3-5-7-13/h3-10H,1-2H3,(H,22,23)(H,24,27)(H,25,28). The molecular weight excluding hydrogens is 358 g/mol. The van der Waals surface area contributed by atoms with Crippen LogP contribution >= 0.6 is 0 Å². The first kappa shape index (κ1) is 17.4. The van der Waals surface area contributed by atoms with Crippen molar-refractivity contribution in [2.45, 2.75) is 13.8 Å². The van der Waals surface area contributed by atoms with Gasteiger partial charge in [-0.2, -0.15) is 10.2 Å². The van der Waals surface area contributed by atoms with Gasteiger partial charge in [0, 0.05) is 17.0 Å². The normalized spacial score (nSPS) is 10.8. The molecule has 0 aliphatic rings. The van der Waals surface area contributed by atoms with Gasteiger partial charge in [-0.25, -0.2) is 9.50 Å². The Balaban J connectivity index is 1.47. The molecule has 4 rings (SSSR count). The topological polar surface area (TPSA) is 117 Å². The predicted molar refractivity (Wildman–Crippen MR) is 101 cm³/mol. The Morgan fingerprint density at radius 1 is 1.04 bits per heavy atom. The van der Waals surface area contributed by atoms with Gasteiger partial charge in [0.15, 0.2) is 5.65 Å². The summed E-state index contributed by atoms with van der Waals surface area (Å²) in [5.74, 6) is -1.02. The van der Waals surface area contributed by atoms with E-state index in [1.165, 1.54) is 6.20 Å². The molecule has 0 saturated carbocycles. The number of hydrazine groups is 1. The van der Waals surface area contributed by atoms with Crippen LogP contribution in [0.5, 0.6) is 0 Å². The van der Waals surface area contributed by atoms with Gasteiger partial charge < -0.3 is 0 Å². The van der Waals surface area contributed by atoms with Crippen LogP contribution in [0.4, 0.5) is 0 Å². The second-order valence-corrected chi connectivity index (χ2v) is 6.27. The van der Waals surface area contributed by atoms with Crippen LogP contribution in [0.25, 0.3) is 16.9 Å². The van der Waals surface area contributed by atoms with Gasteiger partial charge in [-0.15, -0.1) is 0 Å². The molecule has 0 unspecified atom stereocenters. The van der Waals surface area contributed by atoms with Crippen molar-refractivity contribution < 1.29 is 9.59 Å². The Bertz CT molecular complexity index is 1180. The zero-order valence-corrected chi connectivity index (χ0v) is 15.2. The van der Waals surface area contributed by atoms with Crippen molar-refractivity contribution in [2.24, 2.45) is 0 Å². The average Bonchev–Trinajstić information content (AvgIpc) is 3.34. The van der Waals surface area contributed by atoms with Crippen molar-refractivity contribution in [3.63, 3.8) is 0 Å². The maximum absolute atomic E-state index is 12.5. The highest BCUT2D eigenvalue weighted by molar-refractivity contribution is 6.02. The summed E-state index contributed by atoms with van der Waals surface area (Å²) in [4.78, 5) is 29.1. The summed E-state index contributed by atoms with van der Waals surface area (Å²) in [6.45, 7) is 3.71. The minimum absolute atomic E-state index is 0.226. The van der Waals surface area contributed by atoms with Crippen molar-refractivity contribution in [2.75, 3.05) is 0 Å². The van der Waals surface area contributed by atoms with Crippen molar-refractivity contribution in [1.29, 1.82) is 0 Å². The number of amides is 2. The smallest absolute Gasteiger partial charge is 0.272 e. The second kappa shape index (κ2) is 6.95. The van der Waals surface area contributed by atoms with Crippen LogP contribution in [-0.2, 0) is 0 Å². The van der Waals surface area contributed by atoms with Gasteiger partial charge in [-0.05, 0) is 26.0 Å². The first-order valence-corrected chi connectivity index (χ1v) is 8.56. The zero-order valence-electron chi connectivity index (χ0n) is 15.2. The van der Waals surface area contributed by atoms with Crippen molar-refractivity contribution >= 4 is 17.5 Å².